The molecule has 2 rings (SSSR count). The van der Waals surface area contributed by atoms with Gasteiger partial charge < -0.3 is 9.84 Å². The van der Waals surface area contributed by atoms with Crippen molar-refractivity contribution >= 4 is 0 Å². The van der Waals surface area contributed by atoms with Gasteiger partial charge in [0.2, 0.25) is 0 Å². The third-order valence-corrected chi connectivity index (χ3v) is 3.38. The van der Waals surface area contributed by atoms with E-state index in [0.717, 1.165) is 37.6 Å². The van der Waals surface area contributed by atoms with Crippen molar-refractivity contribution in [1.82, 2.24) is 15.4 Å². The Kier molecular flexibility index (Phi) is 5.61. The third kappa shape index (κ3) is 5.63. The summed E-state index contributed by atoms with van der Waals surface area (Å²) in [7, 11) is 0. The largest absolute Gasteiger partial charge is 0.360 e. The Hall–Kier alpha value is -0.870. The molecule has 1 fully saturated rings. The van der Waals surface area contributed by atoms with Crippen molar-refractivity contribution in [3.05, 3.63) is 17.5 Å². The van der Waals surface area contributed by atoms with Crippen LogP contribution in [0.4, 0.5) is 0 Å². The minimum absolute atomic E-state index is 0.674. The Morgan fingerprint density at radius 2 is 1.90 bits per heavy atom. The molecule has 1 aliphatic carbocycles. The summed E-state index contributed by atoms with van der Waals surface area (Å²) in [5.41, 5.74) is 1.03. The Morgan fingerprint density at radius 3 is 2.45 bits per heavy atom. The van der Waals surface area contributed by atoms with Crippen molar-refractivity contribution in [2.45, 2.75) is 59.7 Å². The van der Waals surface area contributed by atoms with Gasteiger partial charge in [0, 0.05) is 31.7 Å². The first-order valence-electron chi connectivity index (χ1n) is 7.93. The first-order valence-corrected chi connectivity index (χ1v) is 7.93. The van der Waals surface area contributed by atoms with Crippen LogP contribution in [0, 0.1) is 11.8 Å². The predicted molar refractivity (Wildman–Crippen MR) is 81.3 cm³/mol. The molecule has 20 heavy (non-hydrogen) atoms. The minimum atomic E-state index is 0.674. The summed E-state index contributed by atoms with van der Waals surface area (Å²) < 4.78 is 5.48. The minimum Gasteiger partial charge on any atom is -0.360 e. The van der Waals surface area contributed by atoms with Crippen molar-refractivity contribution in [2.75, 3.05) is 13.1 Å². The fraction of sp³-hybridized carbons (Fsp3) is 0.812. The molecule has 0 atom stereocenters. The normalized spacial score (nSPS) is 15.8. The topological polar surface area (TPSA) is 41.3 Å². The van der Waals surface area contributed by atoms with E-state index in [4.69, 9.17) is 4.52 Å². The number of aromatic nitrogens is 1. The Bertz CT molecular complexity index is 386. The fourth-order valence-corrected chi connectivity index (χ4v) is 2.51. The molecule has 0 spiro atoms. The summed E-state index contributed by atoms with van der Waals surface area (Å²) in [5.74, 6) is 2.33. The lowest BCUT2D eigenvalue weighted by molar-refractivity contribution is 0.189. The highest BCUT2D eigenvalue weighted by Crippen LogP contribution is 2.19. The molecule has 1 aromatic heterocycles. The van der Waals surface area contributed by atoms with Gasteiger partial charge >= 0.3 is 0 Å². The summed E-state index contributed by atoms with van der Waals surface area (Å²) >= 11 is 0. The van der Waals surface area contributed by atoms with E-state index in [0.29, 0.717) is 17.9 Å². The van der Waals surface area contributed by atoms with Gasteiger partial charge in [-0.15, -0.1) is 0 Å². The molecule has 4 heteroatoms. The van der Waals surface area contributed by atoms with Gasteiger partial charge in [0.1, 0.15) is 0 Å². The molecule has 1 saturated carbocycles. The van der Waals surface area contributed by atoms with E-state index < -0.39 is 0 Å². The highest BCUT2D eigenvalue weighted by atomic mass is 16.5. The highest BCUT2D eigenvalue weighted by Gasteiger charge is 2.21. The molecule has 0 aromatic carbocycles. The second-order valence-corrected chi connectivity index (χ2v) is 6.92. The average Bonchev–Trinajstić information content (AvgIpc) is 3.06. The van der Waals surface area contributed by atoms with Crippen LogP contribution in [0.5, 0.6) is 0 Å². The molecule has 0 saturated heterocycles. The lowest BCUT2D eigenvalue weighted by Crippen LogP contribution is -2.30. The van der Waals surface area contributed by atoms with Crippen molar-refractivity contribution in [3.8, 4) is 0 Å². The van der Waals surface area contributed by atoms with Crippen LogP contribution in [-0.4, -0.2) is 29.2 Å². The average molecular weight is 279 g/mol. The molecule has 114 valence electrons. The number of hydrogen-bond acceptors (Lipinski definition) is 4. The lowest BCUT2D eigenvalue weighted by Gasteiger charge is -2.24. The van der Waals surface area contributed by atoms with E-state index >= 15 is 0 Å². The van der Waals surface area contributed by atoms with Crippen molar-refractivity contribution in [2.24, 2.45) is 11.8 Å². The molecule has 0 bridgehead atoms. The maximum absolute atomic E-state index is 5.48. The zero-order valence-electron chi connectivity index (χ0n) is 13.4. The van der Waals surface area contributed by atoms with E-state index in [1.54, 1.807) is 0 Å². The summed E-state index contributed by atoms with van der Waals surface area (Å²) in [5, 5.41) is 7.63. The second-order valence-electron chi connectivity index (χ2n) is 6.92. The smallest absolute Gasteiger partial charge is 0.151 e. The lowest BCUT2D eigenvalue weighted by atomic mass is 10.1. The van der Waals surface area contributed by atoms with Gasteiger partial charge in [0.15, 0.2) is 5.76 Å². The molecular formula is C16H29N3O. The van der Waals surface area contributed by atoms with E-state index in [-0.39, 0.29) is 0 Å². The standard InChI is InChI=1S/C16H29N3O/c1-12(2)9-19(10-13(3)4)11-16-7-15(18-20-16)8-17-14-5-6-14/h7,12-14,17H,5-6,8-11H2,1-4H3. The molecule has 1 heterocycles. The molecule has 4 nitrogen and oxygen atoms in total. The van der Waals surface area contributed by atoms with Crippen molar-refractivity contribution < 1.29 is 4.52 Å². The molecule has 1 aliphatic rings. The monoisotopic (exact) mass is 279 g/mol. The number of nitrogens with zero attached hydrogens (tertiary/aromatic N) is 2. The molecule has 0 unspecified atom stereocenters. The third-order valence-electron chi connectivity index (χ3n) is 3.38. The van der Waals surface area contributed by atoms with Crippen LogP contribution in [0.25, 0.3) is 0 Å². The number of nitrogens with one attached hydrogen (secondary N) is 1. The molecule has 1 N–H and O–H groups in total. The van der Waals surface area contributed by atoms with Gasteiger partial charge in [-0.25, -0.2) is 0 Å². The van der Waals surface area contributed by atoms with Gasteiger partial charge in [-0.2, -0.15) is 0 Å². The molecule has 0 radical (unpaired) electrons. The summed E-state index contributed by atoms with van der Waals surface area (Å²) in [6.07, 6.45) is 2.61. The van der Waals surface area contributed by atoms with Crippen molar-refractivity contribution in [1.29, 1.82) is 0 Å². The van der Waals surface area contributed by atoms with Crippen LogP contribution in [0.3, 0.4) is 0 Å². The second kappa shape index (κ2) is 7.23. The van der Waals surface area contributed by atoms with Crippen LogP contribution in [0.15, 0.2) is 10.6 Å². The maximum atomic E-state index is 5.48. The highest BCUT2D eigenvalue weighted by molar-refractivity contribution is 5.05. The maximum Gasteiger partial charge on any atom is 0.151 e. The zero-order chi connectivity index (χ0) is 14.5. The van der Waals surface area contributed by atoms with Gasteiger partial charge in [0.05, 0.1) is 12.2 Å². The van der Waals surface area contributed by atoms with Crippen LogP contribution >= 0.6 is 0 Å². The summed E-state index contributed by atoms with van der Waals surface area (Å²) in [6, 6.07) is 2.82. The predicted octanol–water partition coefficient (Wildman–Crippen LogP) is 3.04. The molecule has 0 aliphatic heterocycles. The summed E-state index contributed by atoms with van der Waals surface area (Å²) in [6.45, 7) is 13.0. The Balaban J connectivity index is 1.84. The first kappa shape index (κ1) is 15.5. The Morgan fingerprint density at radius 1 is 1.25 bits per heavy atom. The van der Waals surface area contributed by atoms with E-state index in [2.05, 4.69) is 49.1 Å². The number of hydrogen-bond donors (Lipinski definition) is 1. The number of rotatable bonds is 9. The van der Waals surface area contributed by atoms with Crippen LogP contribution in [-0.2, 0) is 13.1 Å². The van der Waals surface area contributed by atoms with Gasteiger partial charge in [-0.3, -0.25) is 4.90 Å². The van der Waals surface area contributed by atoms with E-state index in [9.17, 15) is 0 Å². The van der Waals surface area contributed by atoms with Gasteiger partial charge in [0.25, 0.3) is 0 Å². The molecule has 1 aromatic rings. The van der Waals surface area contributed by atoms with Crippen molar-refractivity contribution in [3.63, 3.8) is 0 Å². The SMILES string of the molecule is CC(C)CN(Cc1cc(CNC2CC2)no1)CC(C)C. The molecule has 0 amide bonds. The summed E-state index contributed by atoms with van der Waals surface area (Å²) in [4.78, 5) is 2.47. The van der Waals surface area contributed by atoms with Crippen LogP contribution in [0.1, 0.15) is 52.0 Å². The molecular weight excluding hydrogens is 250 g/mol. The quantitative estimate of drug-likeness (QED) is 0.754. The van der Waals surface area contributed by atoms with Crippen LogP contribution in [0.2, 0.25) is 0 Å². The van der Waals surface area contributed by atoms with Crippen LogP contribution < -0.4 is 5.32 Å². The van der Waals surface area contributed by atoms with E-state index in [1.807, 2.05) is 0 Å². The zero-order valence-corrected chi connectivity index (χ0v) is 13.4. The Labute approximate surface area is 122 Å². The van der Waals surface area contributed by atoms with E-state index in [1.165, 1.54) is 12.8 Å². The van der Waals surface area contributed by atoms with Gasteiger partial charge in [-0.1, -0.05) is 32.9 Å². The fourth-order valence-electron chi connectivity index (χ4n) is 2.51. The van der Waals surface area contributed by atoms with Gasteiger partial charge in [-0.05, 0) is 24.7 Å². The first-order chi connectivity index (χ1) is 9.52.